The molecule has 7 nitrogen and oxygen atoms in total. The van der Waals surface area contributed by atoms with E-state index < -0.39 is 0 Å². The Kier molecular flexibility index (Phi) is 9.44. The number of nitrogens with zero attached hydrogens (tertiary/aromatic N) is 3. The summed E-state index contributed by atoms with van der Waals surface area (Å²) >= 11 is 0. The summed E-state index contributed by atoms with van der Waals surface area (Å²) in [6, 6.07) is 0.900. The van der Waals surface area contributed by atoms with E-state index in [4.69, 9.17) is 9.47 Å². The molecule has 2 amide bonds. The van der Waals surface area contributed by atoms with Gasteiger partial charge in [0.1, 0.15) is 0 Å². The third-order valence-corrected chi connectivity index (χ3v) is 7.57. The SMILES string of the molecule is CCCN1C[C@@H](NC(=O)N(CC)CCCN(CC)CC)C[C@@H]2CC3(CC[C@H]21)OCCO3. The first-order valence-corrected chi connectivity index (χ1v) is 12.8. The van der Waals surface area contributed by atoms with Crippen LogP contribution in [0, 0.1) is 5.92 Å². The van der Waals surface area contributed by atoms with Crippen molar-refractivity contribution in [3.8, 4) is 0 Å². The Bertz CT molecular complexity index is 551. The summed E-state index contributed by atoms with van der Waals surface area (Å²) in [6.45, 7) is 17.0. The third kappa shape index (κ3) is 6.34. The van der Waals surface area contributed by atoms with Gasteiger partial charge in [0.15, 0.2) is 5.79 Å². The molecule has 1 saturated carbocycles. The molecule has 0 bridgehead atoms. The summed E-state index contributed by atoms with van der Waals surface area (Å²) < 4.78 is 12.1. The number of amides is 2. The second-order valence-electron chi connectivity index (χ2n) is 9.51. The third-order valence-electron chi connectivity index (χ3n) is 7.57. The predicted octanol–water partition coefficient (Wildman–Crippen LogP) is 3.15. The van der Waals surface area contributed by atoms with Crippen LogP contribution < -0.4 is 5.32 Å². The summed E-state index contributed by atoms with van der Waals surface area (Å²) in [5, 5.41) is 3.39. The van der Waals surface area contributed by atoms with Crippen LogP contribution in [0.2, 0.25) is 0 Å². The molecule has 3 rings (SSSR count). The van der Waals surface area contributed by atoms with E-state index in [0.717, 1.165) is 97.6 Å². The zero-order valence-corrected chi connectivity index (χ0v) is 20.4. The van der Waals surface area contributed by atoms with Crippen molar-refractivity contribution >= 4 is 6.03 Å². The maximum atomic E-state index is 13.1. The van der Waals surface area contributed by atoms with Crippen LogP contribution in [0.5, 0.6) is 0 Å². The van der Waals surface area contributed by atoms with E-state index in [1.807, 2.05) is 4.90 Å². The molecule has 2 aliphatic heterocycles. The van der Waals surface area contributed by atoms with Gasteiger partial charge in [-0.05, 0) is 64.7 Å². The topological polar surface area (TPSA) is 57.3 Å². The zero-order chi connectivity index (χ0) is 22.3. The summed E-state index contributed by atoms with van der Waals surface area (Å²) in [5.74, 6) is 0.167. The molecule has 3 atom stereocenters. The van der Waals surface area contributed by atoms with Gasteiger partial charge in [-0.15, -0.1) is 0 Å². The first kappa shape index (κ1) is 24.7. The summed E-state index contributed by atoms with van der Waals surface area (Å²) in [7, 11) is 0. The van der Waals surface area contributed by atoms with E-state index in [0.29, 0.717) is 12.0 Å². The fraction of sp³-hybridized carbons (Fsp3) is 0.958. The molecule has 180 valence electrons. The van der Waals surface area contributed by atoms with Crippen molar-refractivity contribution in [2.24, 2.45) is 5.92 Å². The van der Waals surface area contributed by atoms with Crippen LogP contribution in [0.1, 0.15) is 66.2 Å². The molecule has 0 radical (unpaired) electrons. The van der Waals surface area contributed by atoms with E-state index in [1.165, 1.54) is 0 Å². The van der Waals surface area contributed by atoms with Crippen molar-refractivity contribution in [3.63, 3.8) is 0 Å². The molecule has 3 aliphatic rings. The van der Waals surface area contributed by atoms with Crippen LogP contribution in [-0.4, -0.2) is 97.6 Å². The normalized spacial score (nSPS) is 28.1. The van der Waals surface area contributed by atoms with E-state index in [9.17, 15) is 4.79 Å². The second-order valence-corrected chi connectivity index (χ2v) is 9.51. The molecule has 2 heterocycles. The van der Waals surface area contributed by atoms with Crippen LogP contribution in [0.25, 0.3) is 0 Å². The van der Waals surface area contributed by atoms with Gasteiger partial charge in [-0.3, -0.25) is 4.90 Å². The average molecular weight is 439 g/mol. The minimum atomic E-state index is -0.356. The molecular formula is C24H46N4O3. The van der Waals surface area contributed by atoms with E-state index in [1.54, 1.807) is 0 Å². The quantitative estimate of drug-likeness (QED) is 0.568. The number of nitrogens with one attached hydrogen (secondary N) is 1. The molecule has 0 aromatic heterocycles. The lowest BCUT2D eigenvalue weighted by Crippen LogP contribution is -2.60. The number of rotatable bonds is 10. The molecule has 0 aromatic carbocycles. The van der Waals surface area contributed by atoms with Crippen LogP contribution in [0.15, 0.2) is 0 Å². The van der Waals surface area contributed by atoms with Crippen molar-refractivity contribution < 1.29 is 14.3 Å². The maximum Gasteiger partial charge on any atom is 0.317 e. The fourth-order valence-electron chi connectivity index (χ4n) is 5.92. The van der Waals surface area contributed by atoms with Crippen molar-refractivity contribution in [2.75, 3.05) is 59.0 Å². The summed E-state index contributed by atoms with van der Waals surface area (Å²) in [6.07, 6.45) is 6.30. The first-order chi connectivity index (χ1) is 15.0. The Labute approximate surface area is 189 Å². The average Bonchev–Trinajstić information content (AvgIpc) is 3.21. The Morgan fingerprint density at radius 2 is 1.84 bits per heavy atom. The van der Waals surface area contributed by atoms with Crippen LogP contribution >= 0.6 is 0 Å². The molecule has 7 heteroatoms. The lowest BCUT2D eigenvalue weighted by molar-refractivity contribution is -0.201. The maximum absolute atomic E-state index is 13.1. The Hall–Kier alpha value is -0.890. The highest BCUT2D eigenvalue weighted by Crippen LogP contribution is 2.44. The molecule has 0 aromatic rings. The van der Waals surface area contributed by atoms with Gasteiger partial charge < -0.3 is 24.6 Å². The smallest absolute Gasteiger partial charge is 0.317 e. The molecule has 1 aliphatic carbocycles. The Morgan fingerprint density at radius 1 is 1.10 bits per heavy atom. The summed E-state index contributed by atoms with van der Waals surface area (Å²) in [5.41, 5.74) is 0. The predicted molar refractivity (Wildman–Crippen MR) is 124 cm³/mol. The Morgan fingerprint density at radius 3 is 2.48 bits per heavy atom. The number of urea groups is 1. The highest BCUT2D eigenvalue weighted by molar-refractivity contribution is 5.74. The second kappa shape index (κ2) is 11.8. The number of likely N-dealkylation sites (tertiary alicyclic amines) is 1. The highest BCUT2D eigenvalue weighted by Gasteiger charge is 2.49. The number of carbonyl (C=O) groups excluding carboxylic acids is 1. The minimum absolute atomic E-state index is 0.0980. The largest absolute Gasteiger partial charge is 0.348 e. The number of hydrogen-bond donors (Lipinski definition) is 1. The van der Waals surface area contributed by atoms with Gasteiger partial charge in [0, 0.05) is 44.6 Å². The molecule has 3 fully saturated rings. The van der Waals surface area contributed by atoms with Crippen LogP contribution in [-0.2, 0) is 9.47 Å². The van der Waals surface area contributed by atoms with Crippen molar-refractivity contribution in [2.45, 2.75) is 84.1 Å². The van der Waals surface area contributed by atoms with Gasteiger partial charge in [0.05, 0.1) is 13.2 Å². The number of fused-ring (bicyclic) bond motifs is 1. The number of carbonyl (C=O) groups is 1. The van der Waals surface area contributed by atoms with Crippen LogP contribution in [0.4, 0.5) is 4.79 Å². The monoisotopic (exact) mass is 438 g/mol. The van der Waals surface area contributed by atoms with Crippen molar-refractivity contribution in [3.05, 3.63) is 0 Å². The van der Waals surface area contributed by atoms with Gasteiger partial charge in [0.25, 0.3) is 0 Å². The molecule has 2 saturated heterocycles. The van der Waals surface area contributed by atoms with Gasteiger partial charge in [-0.2, -0.15) is 0 Å². The van der Waals surface area contributed by atoms with E-state index in [-0.39, 0.29) is 17.9 Å². The molecule has 31 heavy (non-hydrogen) atoms. The van der Waals surface area contributed by atoms with Gasteiger partial charge >= 0.3 is 6.03 Å². The highest BCUT2D eigenvalue weighted by atomic mass is 16.7. The molecule has 0 unspecified atom stereocenters. The zero-order valence-electron chi connectivity index (χ0n) is 20.4. The molecular weight excluding hydrogens is 392 g/mol. The lowest BCUT2D eigenvalue weighted by atomic mass is 9.74. The lowest BCUT2D eigenvalue weighted by Gasteiger charge is -2.51. The van der Waals surface area contributed by atoms with Crippen molar-refractivity contribution in [1.82, 2.24) is 20.0 Å². The van der Waals surface area contributed by atoms with Crippen LogP contribution in [0.3, 0.4) is 0 Å². The Balaban J connectivity index is 1.56. The summed E-state index contributed by atoms with van der Waals surface area (Å²) in [4.78, 5) is 20.1. The van der Waals surface area contributed by atoms with E-state index >= 15 is 0 Å². The number of piperidine rings is 1. The van der Waals surface area contributed by atoms with Gasteiger partial charge in [-0.25, -0.2) is 4.79 Å². The fourth-order valence-corrected chi connectivity index (χ4v) is 5.92. The minimum Gasteiger partial charge on any atom is -0.348 e. The van der Waals surface area contributed by atoms with E-state index in [2.05, 4.69) is 42.8 Å². The molecule has 1 N–H and O–H groups in total. The first-order valence-electron chi connectivity index (χ1n) is 12.8. The van der Waals surface area contributed by atoms with Crippen molar-refractivity contribution in [1.29, 1.82) is 0 Å². The van der Waals surface area contributed by atoms with Gasteiger partial charge in [0.2, 0.25) is 0 Å². The number of hydrogen-bond acceptors (Lipinski definition) is 5. The standard InChI is InChI=1S/C24H46N4O3/c1-5-12-28-19-21(17-20-18-24(11-10-22(20)28)30-15-16-31-24)25-23(29)27(8-4)14-9-13-26(6-2)7-3/h20-22H,5-19H2,1-4H3,(H,25,29)/t20-,21+,22-/m1/s1. The molecule has 1 spiro atoms. The number of ether oxygens (including phenoxy) is 2. The van der Waals surface area contributed by atoms with Gasteiger partial charge in [-0.1, -0.05) is 20.8 Å².